The van der Waals surface area contributed by atoms with Gasteiger partial charge in [0.15, 0.2) is 0 Å². The molecule has 0 unspecified atom stereocenters. The van der Waals surface area contributed by atoms with E-state index >= 15 is 0 Å². The van der Waals surface area contributed by atoms with Crippen LogP contribution in [0.5, 0.6) is 0 Å². The predicted octanol–water partition coefficient (Wildman–Crippen LogP) is 2.11. The fourth-order valence-corrected chi connectivity index (χ4v) is 4.23. The van der Waals surface area contributed by atoms with E-state index in [0.717, 1.165) is 12.8 Å². The first-order chi connectivity index (χ1) is 11.4. The van der Waals surface area contributed by atoms with E-state index in [1.165, 1.54) is 15.4 Å². The molecule has 1 fully saturated rings. The molecular weight excluding hydrogens is 324 g/mol. The van der Waals surface area contributed by atoms with E-state index in [1.807, 2.05) is 0 Å². The molecule has 0 spiro atoms. The minimum atomic E-state index is -3.12. The lowest BCUT2D eigenvalue weighted by atomic mass is 9.97. The topological polar surface area (TPSA) is 66.5 Å². The first-order valence-electron chi connectivity index (χ1n) is 8.73. The summed E-state index contributed by atoms with van der Waals surface area (Å²) in [5, 5.41) is 3.00. The third kappa shape index (κ3) is 5.31. The Morgan fingerprint density at radius 2 is 2.00 bits per heavy atom. The number of hydrogen-bond donors (Lipinski definition) is 1. The number of piperidine rings is 1. The summed E-state index contributed by atoms with van der Waals surface area (Å²) in [4.78, 5) is 12.2. The Morgan fingerprint density at radius 1 is 1.29 bits per heavy atom. The standard InChI is InChI=1S/C18H28N2O3S/c1-3-24(22,23)20-12-9-17(10-13-20)18(21)19-11-5-8-16-7-4-6-15(2)14-16/h4,6-7,14,17H,3,5,8-13H2,1-2H3,(H,19,21). The van der Waals surface area contributed by atoms with Gasteiger partial charge in [-0.15, -0.1) is 0 Å². The second kappa shape index (κ2) is 8.62. The lowest BCUT2D eigenvalue weighted by molar-refractivity contribution is -0.126. The van der Waals surface area contributed by atoms with Crippen molar-refractivity contribution in [2.24, 2.45) is 5.92 Å². The quantitative estimate of drug-likeness (QED) is 0.764. The Hall–Kier alpha value is -1.40. The van der Waals surface area contributed by atoms with E-state index in [0.29, 0.717) is 32.5 Å². The summed E-state index contributed by atoms with van der Waals surface area (Å²) in [5.74, 6) is 0.128. The fraction of sp³-hybridized carbons (Fsp3) is 0.611. The molecule has 1 amide bonds. The van der Waals surface area contributed by atoms with Gasteiger partial charge in [0.25, 0.3) is 0 Å². The summed E-state index contributed by atoms with van der Waals surface area (Å²) in [7, 11) is -3.12. The molecule has 24 heavy (non-hydrogen) atoms. The zero-order chi connectivity index (χ0) is 17.6. The van der Waals surface area contributed by atoms with Gasteiger partial charge >= 0.3 is 0 Å². The number of carbonyl (C=O) groups excluding carboxylic acids is 1. The van der Waals surface area contributed by atoms with Crippen LogP contribution in [-0.4, -0.2) is 44.0 Å². The predicted molar refractivity (Wildman–Crippen MR) is 96.3 cm³/mol. The number of benzene rings is 1. The molecule has 2 rings (SSSR count). The second-order valence-electron chi connectivity index (χ2n) is 6.46. The Kier molecular flexibility index (Phi) is 6.80. The summed E-state index contributed by atoms with van der Waals surface area (Å²) in [6.45, 7) is 5.31. The van der Waals surface area contributed by atoms with E-state index < -0.39 is 10.0 Å². The van der Waals surface area contributed by atoms with Crippen molar-refractivity contribution < 1.29 is 13.2 Å². The molecule has 1 N–H and O–H groups in total. The van der Waals surface area contributed by atoms with Crippen molar-refractivity contribution >= 4 is 15.9 Å². The monoisotopic (exact) mass is 352 g/mol. The van der Waals surface area contributed by atoms with Gasteiger partial charge in [-0.1, -0.05) is 29.8 Å². The van der Waals surface area contributed by atoms with Gasteiger partial charge in [0.1, 0.15) is 0 Å². The van der Waals surface area contributed by atoms with E-state index in [9.17, 15) is 13.2 Å². The molecule has 134 valence electrons. The van der Waals surface area contributed by atoms with Crippen LogP contribution in [0.1, 0.15) is 37.3 Å². The van der Waals surface area contributed by atoms with E-state index in [1.54, 1.807) is 6.92 Å². The molecule has 1 aromatic rings. The zero-order valence-electron chi connectivity index (χ0n) is 14.6. The molecule has 0 atom stereocenters. The van der Waals surface area contributed by atoms with Crippen molar-refractivity contribution in [2.75, 3.05) is 25.4 Å². The highest BCUT2D eigenvalue weighted by Crippen LogP contribution is 2.20. The smallest absolute Gasteiger partial charge is 0.223 e. The maximum atomic E-state index is 12.2. The third-order valence-electron chi connectivity index (χ3n) is 4.61. The molecule has 0 bridgehead atoms. The van der Waals surface area contributed by atoms with Crippen molar-refractivity contribution in [3.8, 4) is 0 Å². The van der Waals surface area contributed by atoms with Gasteiger partial charge in [-0.05, 0) is 45.1 Å². The average molecular weight is 353 g/mol. The molecule has 0 saturated carbocycles. The third-order valence-corrected chi connectivity index (χ3v) is 6.49. The highest BCUT2D eigenvalue weighted by molar-refractivity contribution is 7.89. The fourth-order valence-electron chi connectivity index (χ4n) is 3.09. The van der Waals surface area contributed by atoms with Crippen molar-refractivity contribution in [1.29, 1.82) is 0 Å². The summed E-state index contributed by atoms with van der Waals surface area (Å²) in [5.41, 5.74) is 2.55. The number of carbonyl (C=O) groups is 1. The first kappa shape index (κ1) is 18.9. The van der Waals surface area contributed by atoms with Crippen molar-refractivity contribution in [3.05, 3.63) is 35.4 Å². The Morgan fingerprint density at radius 3 is 2.62 bits per heavy atom. The molecule has 1 aliphatic heterocycles. The first-order valence-corrected chi connectivity index (χ1v) is 10.3. The van der Waals surface area contributed by atoms with Crippen molar-refractivity contribution in [1.82, 2.24) is 9.62 Å². The zero-order valence-corrected chi connectivity index (χ0v) is 15.4. The number of nitrogens with zero attached hydrogens (tertiary/aromatic N) is 1. The molecule has 1 aromatic carbocycles. The number of amides is 1. The number of sulfonamides is 1. The number of nitrogens with one attached hydrogen (secondary N) is 1. The molecule has 5 nitrogen and oxygen atoms in total. The van der Waals surface area contributed by atoms with E-state index in [2.05, 4.69) is 36.5 Å². The van der Waals surface area contributed by atoms with Gasteiger partial charge in [0.2, 0.25) is 15.9 Å². The number of hydrogen-bond acceptors (Lipinski definition) is 3. The Balaban J connectivity index is 1.69. The molecule has 6 heteroatoms. The number of rotatable bonds is 7. The van der Waals surface area contributed by atoms with E-state index in [4.69, 9.17) is 0 Å². The maximum absolute atomic E-state index is 12.2. The Bertz CT molecular complexity index is 650. The summed E-state index contributed by atoms with van der Waals surface area (Å²) < 4.78 is 25.2. The van der Waals surface area contributed by atoms with Gasteiger partial charge in [-0.25, -0.2) is 12.7 Å². The molecule has 1 heterocycles. The van der Waals surface area contributed by atoms with Crippen LogP contribution >= 0.6 is 0 Å². The van der Waals surface area contributed by atoms with Crippen LogP contribution < -0.4 is 5.32 Å². The largest absolute Gasteiger partial charge is 0.356 e. The second-order valence-corrected chi connectivity index (χ2v) is 8.72. The summed E-state index contributed by atoms with van der Waals surface area (Å²) >= 11 is 0. The highest BCUT2D eigenvalue weighted by Gasteiger charge is 2.29. The van der Waals surface area contributed by atoms with Crippen LogP contribution in [0, 0.1) is 12.8 Å². The van der Waals surface area contributed by atoms with Gasteiger partial charge in [-0.3, -0.25) is 4.79 Å². The molecule has 0 radical (unpaired) electrons. The van der Waals surface area contributed by atoms with Gasteiger partial charge in [-0.2, -0.15) is 0 Å². The summed E-state index contributed by atoms with van der Waals surface area (Å²) in [6.07, 6.45) is 3.10. The molecule has 0 aromatic heterocycles. The molecule has 1 aliphatic rings. The van der Waals surface area contributed by atoms with Crippen LogP contribution in [0.4, 0.5) is 0 Å². The molecule has 0 aliphatic carbocycles. The highest BCUT2D eigenvalue weighted by atomic mass is 32.2. The van der Waals surface area contributed by atoms with Crippen LogP contribution in [0.3, 0.4) is 0 Å². The summed E-state index contributed by atoms with van der Waals surface area (Å²) in [6, 6.07) is 8.42. The molecule has 1 saturated heterocycles. The van der Waals surface area contributed by atoms with Crippen LogP contribution in [0.25, 0.3) is 0 Å². The van der Waals surface area contributed by atoms with Gasteiger partial charge in [0, 0.05) is 25.6 Å². The van der Waals surface area contributed by atoms with Gasteiger partial charge in [0.05, 0.1) is 5.75 Å². The van der Waals surface area contributed by atoms with Crippen molar-refractivity contribution in [3.63, 3.8) is 0 Å². The Labute approximate surface area is 145 Å². The van der Waals surface area contributed by atoms with Crippen LogP contribution in [-0.2, 0) is 21.2 Å². The minimum absolute atomic E-state index is 0.0627. The number of aryl methyl sites for hydroxylation is 2. The maximum Gasteiger partial charge on any atom is 0.223 e. The minimum Gasteiger partial charge on any atom is -0.356 e. The van der Waals surface area contributed by atoms with Crippen molar-refractivity contribution in [2.45, 2.75) is 39.5 Å². The lowest BCUT2D eigenvalue weighted by Crippen LogP contribution is -2.43. The SMILES string of the molecule is CCS(=O)(=O)N1CCC(C(=O)NCCCc2cccc(C)c2)CC1. The normalized spacial score (nSPS) is 16.9. The van der Waals surface area contributed by atoms with Gasteiger partial charge < -0.3 is 5.32 Å². The molecular formula is C18H28N2O3S. The average Bonchev–Trinajstić information content (AvgIpc) is 2.58. The van der Waals surface area contributed by atoms with Crippen LogP contribution in [0.2, 0.25) is 0 Å². The van der Waals surface area contributed by atoms with Crippen LogP contribution in [0.15, 0.2) is 24.3 Å². The lowest BCUT2D eigenvalue weighted by Gasteiger charge is -2.30. The van der Waals surface area contributed by atoms with E-state index in [-0.39, 0.29) is 17.6 Å².